The fourth-order valence-electron chi connectivity index (χ4n) is 1.94. The number of aryl methyl sites for hydroxylation is 1. The number of amides is 1. The minimum absolute atomic E-state index is 0.166. The summed E-state index contributed by atoms with van der Waals surface area (Å²) in [6.07, 6.45) is -0.745. The van der Waals surface area contributed by atoms with Crippen molar-refractivity contribution in [3.05, 3.63) is 65.2 Å². The standard InChI is InChI=1S/C17H19NO3/c1-12-3-5-14(6-4-12)17(20)18-11-16(19)13-7-9-15(21-2)10-8-13/h3-10,16,19H,11H2,1-2H3,(H,18,20). The number of methoxy groups -OCH3 is 1. The van der Waals surface area contributed by atoms with Crippen LogP contribution in [0.15, 0.2) is 48.5 Å². The maximum absolute atomic E-state index is 11.9. The van der Waals surface area contributed by atoms with Gasteiger partial charge in [-0.05, 0) is 36.8 Å². The molecule has 0 aliphatic heterocycles. The molecule has 1 amide bonds. The lowest BCUT2D eigenvalue weighted by Crippen LogP contribution is -2.28. The number of hydrogen-bond donors (Lipinski definition) is 2. The number of carbonyl (C=O) groups is 1. The third-order valence-corrected chi connectivity index (χ3v) is 3.27. The SMILES string of the molecule is COc1ccc(C(O)CNC(=O)c2ccc(C)cc2)cc1. The van der Waals surface area contributed by atoms with E-state index in [0.29, 0.717) is 5.56 Å². The normalized spacial score (nSPS) is 11.8. The Hall–Kier alpha value is -2.33. The van der Waals surface area contributed by atoms with Crippen molar-refractivity contribution in [2.75, 3.05) is 13.7 Å². The number of ether oxygens (including phenoxy) is 1. The average Bonchev–Trinajstić information content (AvgIpc) is 2.53. The van der Waals surface area contributed by atoms with Gasteiger partial charge in [-0.3, -0.25) is 4.79 Å². The molecule has 2 aromatic carbocycles. The zero-order valence-electron chi connectivity index (χ0n) is 12.2. The quantitative estimate of drug-likeness (QED) is 0.887. The molecule has 0 bridgehead atoms. The summed E-state index contributed by atoms with van der Waals surface area (Å²) in [4.78, 5) is 11.9. The maximum Gasteiger partial charge on any atom is 0.251 e. The van der Waals surface area contributed by atoms with Crippen LogP contribution in [0.2, 0.25) is 0 Å². The van der Waals surface area contributed by atoms with Crippen molar-refractivity contribution in [1.29, 1.82) is 0 Å². The molecule has 21 heavy (non-hydrogen) atoms. The molecule has 0 saturated heterocycles. The van der Waals surface area contributed by atoms with Crippen LogP contribution in [0.3, 0.4) is 0 Å². The molecule has 0 fully saturated rings. The van der Waals surface area contributed by atoms with Gasteiger partial charge in [0.2, 0.25) is 0 Å². The monoisotopic (exact) mass is 285 g/mol. The third-order valence-electron chi connectivity index (χ3n) is 3.27. The Bertz CT molecular complexity index is 590. The van der Waals surface area contributed by atoms with Gasteiger partial charge in [0.25, 0.3) is 5.91 Å². The molecule has 0 saturated carbocycles. The average molecular weight is 285 g/mol. The number of carbonyl (C=O) groups excluding carboxylic acids is 1. The van der Waals surface area contributed by atoms with Crippen LogP contribution in [0.4, 0.5) is 0 Å². The van der Waals surface area contributed by atoms with Crippen molar-refractivity contribution in [2.45, 2.75) is 13.0 Å². The van der Waals surface area contributed by atoms with Gasteiger partial charge in [-0.15, -0.1) is 0 Å². The van der Waals surface area contributed by atoms with Gasteiger partial charge in [-0.1, -0.05) is 29.8 Å². The van der Waals surface area contributed by atoms with E-state index in [-0.39, 0.29) is 12.5 Å². The maximum atomic E-state index is 11.9. The van der Waals surface area contributed by atoms with Crippen LogP contribution in [0.1, 0.15) is 27.6 Å². The first-order valence-electron chi connectivity index (χ1n) is 6.77. The highest BCUT2D eigenvalue weighted by atomic mass is 16.5. The van der Waals surface area contributed by atoms with Gasteiger partial charge in [0.05, 0.1) is 13.2 Å². The summed E-state index contributed by atoms with van der Waals surface area (Å²) in [6.45, 7) is 2.13. The summed E-state index contributed by atoms with van der Waals surface area (Å²) in [6, 6.07) is 14.4. The van der Waals surface area contributed by atoms with E-state index in [0.717, 1.165) is 16.9 Å². The molecule has 0 aromatic heterocycles. The number of aliphatic hydroxyl groups is 1. The van der Waals surface area contributed by atoms with Crippen LogP contribution in [0, 0.1) is 6.92 Å². The summed E-state index contributed by atoms with van der Waals surface area (Å²) in [5.74, 6) is 0.539. The first kappa shape index (κ1) is 15.1. The summed E-state index contributed by atoms with van der Waals surface area (Å²) >= 11 is 0. The van der Waals surface area contributed by atoms with Crippen molar-refractivity contribution >= 4 is 5.91 Å². The smallest absolute Gasteiger partial charge is 0.251 e. The van der Waals surface area contributed by atoms with E-state index in [1.54, 1.807) is 43.5 Å². The van der Waals surface area contributed by atoms with E-state index in [9.17, 15) is 9.90 Å². The van der Waals surface area contributed by atoms with Crippen LogP contribution >= 0.6 is 0 Å². The second-order valence-electron chi connectivity index (χ2n) is 4.87. The molecule has 1 unspecified atom stereocenters. The Kier molecular flexibility index (Phi) is 4.95. The number of rotatable bonds is 5. The first-order chi connectivity index (χ1) is 10.1. The second-order valence-corrected chi connectivity index (χ2v) is 4.87. The number of hydrogen-bond acceptors (Lipinski definition) is 3. The Morgan fingerprint density at radius 2 is 1.76 bits per heavy atom. The molecule has 2 aromatic rings. The van der Waals surface area contributed by atoms with Crippen LogP contribution in [0.25, 0.3) is 0 Å². The molecule has 0 aliphatic rings. The minimum Gasteiger partial charge on any atom is -0.497 e. The second kappa shape index (κ2) is 6.90. The van der Waals surface area contributed by atoms with Crippen LogP contribution in [0.5, 0.6) is 5.75 Å². The van der Waals surface area contributed by atoms with Crippen molar-refractivity contribution in [1.82, 2.24) is 5.32 Å². The lowest BCUT2D eigenvalue weighted by molar-refractivity contribution is 0.0916. The highest BCUT2D eigenvalue weighted by Crippen LogP contribution is 2.17. The molecular weight excluding hydrogens is 266 g/mol. The van der Waals surface area contributed by atoms with E-state index in [1.807, 2.05) is 19.1 Å². The highest BCUT2D eigenvalue weighted by Gasteiger charge is 2.10. The van der Waals surface area contributed by atoms with Gasteiger partial charge in [0.1, 0.15) is 5.75 Å². The summed E-state index contributed by atoms with van der Waals surface area (Å²) < 4.78 is 5.06. The van der Waals surface area contributed by atoms with Crippen LogP contribution in [-0.4, -0.2) is 24.7 Å². The molecule has 110 valence electrons. The van der Waals surface area contributed by atoms with Gasteiger partial charge >= 0.3 is 0 Å². The Labute approximate surface area is 124 Å². The molecule has 1 atom stereocenters. The third kappa shape index (κ3) is 4.07. The zero-order chi connectivity index (χ0) is 15.2. The van der Waals surface area contributed by atoms with E-state index >= 15 is 0 Å². The topological polar surface area (TPSA) is 58.6 Å². The van der Waals surface area contributed by atoms with Gasteiger partial charge in [0, 0.05) is 12.1 Å². The largest absolute Gasteiger partial charge is 0.497 e. The molecule has 0 spiro atoms. The van der Waals surface area contributed by atoms with Gasteiger partial charge < -0.3 is 15.2 Å². The molecular formula is C17H19NO3. The zero-order valence-corrected chi connectivity index (χ0v) is 12.2. The van der Waals surface area contributed by atoms with Gasteiger partial charge in [-0.25, -0.2) is 0 Å². The molecule has 0 aliphatic carbocycles. The number of nitrogens with one attached hydrogen (secondary N) is 1. The number of benzene rings is 2. The summed E-state index contributed by atoms with van der Waals surface area (Å²) in [5.41, 5.74) is 2.42. The van der Waals surface area contributed by atoms with Gasteiger partial charge in [0.15, 0.2) is 0 Å². The Morgan fingerprint density at radius 1 is 1.14 bits per heavy atom. The molecule has 4 heteroatoms. The fourth-order valence-corrected chi connectivity index (χ4v) is 1.94. The van der Waals surface area contributed by atoms with Crippen molar-refractivity contribution in [3.63, 3.8) is 0 Å². The van der Waals surface area contributed by atoms with Crippen molar-refractivity contribution in [2.24, 2.45) is 0 Å². The Balaban J connectivity index is 1.92. The molecule has 2 rings (SSSR count). The van der Waals surface area contributed by atoms with Crippen molar-refractivity contribution < 1.29 is 14.6 Å². The fraction of sp³-hybridized carbons (Fsp3) is 0.235. The Morgan fingerprint density at radius 3 is 2.33 bits per heavy atom. The van der Waals surface area contributed by atoms with E-state index in [4.69, 9.17) is 4.74 Å². The van der Waals surface area contributed by atoms with Crippen LogP contribution in [-0.2, 0) is 0 Å². The molecule has 4 nitrogen and oxygen atoms in total. The first-order valence-corrected chi connectivity index (χ1v) is 6.77. The van der Waals surface area contributed by atoms with E-state index < -0.39 is 6.10 Å². The molecule has 0 heterocycles. The predicted octanol–water partition coefficient (Wildman–Crippen LogP) is 2.47. The van der Waals surface area contributed by atoms with E-state index in [1.165, 1.54) is 0 Å². The van der Waals surface area contributed by atoms with E-state index in [2.05, 4.69) is 5.32 Å². The lowest BCUT2D eigenvalue weighted by atomic mass is 10.1. The van der Waals surface area contributed by atoms with Gasteiger partial charge in [-0.2, -0.15) is 0 Å². The molecule has 0 radical (unpaired) electrons. The minimum atomic E-state index is -0.745. The summed E-state index contributed by atoms with van der Waals surface area (Å²) in [7, 11) is 1.59. The van der Waals surface area contributed by atoms with Crippen LogP contribution < -0.4 is 10.1 Å². The highest BCUT2D eigenvalue weighted by molar-refractivity contribution is 5.94. The molecule has 2 N–H and O–H groups in total. The number of aliphatic hydroxyl groups excluding tert-OH is 1. The predicted molar refractivity (Wildman–Crippen MR) is 81.5 cm³/mol. The summed E-state index contributed by atoms with van der Waals surface area (Å²) in [5, 5.41) is 12.8. The lowest BCUT2D eigenvalue weighted by Gasteiger charge is -2.13. The van der Waals surface area contributed by atoms with Crippen molar-refractivity contribution in [3.8, 4) is 5.75 Å².